The van der Waals surface area contributed by atoms with E-state index in [0.29, 0.717) is 5.82 Å². The number of hydrogen-bond donors (Lipinski definition) is 1. The molecule has 0 saturated carbocycles. The van der Waals surface area contributed by atoms with Crippen LogP contribution in [0.15, 0.2) is 5.38 Å². The lowest BCUT2D eigenvalue weighted by molar-refractivity contribution is 0.0387. The van der Waals surface area contributed by atoms with Gasteiger partial charge in [-0.3, -0.25) is 0 Å². The number of rotatable bonds is 3. The van der Waals surface area contributed by atoms with Crippen molar-refractivity contribution in [1.82, 2.24) is 9.36 Å². The standard InChI is InChI=1S/C13H18N4OS2/c1-3-9-6-17(4-5-18-9)13-10(11(14)16-20-13)12-15-8(2)7-19-12/h7,9H,3-6H2,1-2H3,(H2,14,16). The molecule has 0 bridgehead atoms. The van der Waals surface area contributed by atoms with E-state index in [1.54, 1.807) is 11.3 Å². The van der Waals surface area contributed by atoms with E-state index in [4.69, 9.17) is 10.5 Å². The normalized spacial score (nSPS) is 19.5. The molecule has 3 rings (SSSR count). The Hall–Kier alpha value is -1.18. The molecule has 1 aliphatic rings. The van der Waals surface area contributed by atoms with Gasteiger partial charge in [0.15, 0.2) is 0 Å². The summed E-state index contributed by atoms with van der Waals surface area (Å²) in [6, 6.07) is 0. The fourth-order valence-corrected chi connectivity index (χ4v) is 4.09. The average molecular weight is 310 g/mol. The van der Waals surface area contributed by atoms with Crippen molar-refractivity contribution >= 4 is 33.7 Å². The number of thiazole rings is 1. The van der Waals surface area contributed by atoms with Gasteiger partial charge in [-0.1, -0.05) is 6.92 Å². The predicted molar refractivity (Wildman–Crippen MR) is 84.6 cm³/mol. The van der Waals surface area contributed by atoms with E-state index in [9.17, 15) is 0 Å². The van der Waals surface area contributed by atoms with Crippen LogP contribution in [0, 0.1) is 6.92 Å². The molecule has 2 N–H and O–H groups in total. The molecule has 7 heteroatoms. The van der Waals surface area contributed by atoms with Crippen LogP contribution < -0.4 is 10.6 Å². The minimum Gasteiger partial charge on any atom is -0.382 e. The van der Waals surface area contributed by atoms with Crippen LogP contribution in [-0.4, -0.2) is 35.2 Å². The van der Waals surface area contributed by atoms with Crippen molar-refractivity contribution < 1.29 is 4.74 Å². The highest BCUT2D eigenvalue weighted by atomic mass is 32.1. The Bertz CT molecular complexity index is 595. The van der Waals surface area contributed by atoms with Gasteiger partial charge in [-0.05, 0) is 24.9 Å². The Kier molecular flexibility index (Phi) is 3.91. The monoisotopic (exact) mass is 310 g/mol. The van der Waals surface area contributed by atoms with Gasteiger partial charge in [0.2, 0.25) is 0 Å². The minimum absolute atomic E-state index is 0.290. The van der Waals surface area contributed by atoms with Crippen LogP contribution in [0.1, 0.15) is 19.0 Å². The summed E-state index contributed by atoms with van der Waals surface area (Å²) in [6.07, 6.45) is 1.31. The summed E-state index contributed by atoms with van der Waals surface area (Å²) >= 11 is 3.09. The molecule has 1 aliphatic heterocycles. The molecule has 1 fully saturated rings. The van der Waals surface area contributed by atoms with Crippen molar-refractivity contribution in [2.24, 2.45) is 0 Å². The van der Waals surface area contributed by atoms with Crippen LogP contribution in [-0.2, 0) is 4.74 Å². The summed E-state index contributed by atoms with van der Waals surface area (Å²) in [5.41, 5.74) is 8.08. The summed E-state index contributed by atoms with van der Waals surface area (Å²) in [5.74, 6) is 0.582. The van der Waals surface area contributed by atoms with Crippen molar-refractivity contribution in [3.05, 3.63) is 11.1 Å². The number of nitrogens with zero attached hydrogens (tertiary/aromatic N) is 3. The maximum Gasteiger partial charge on any atom is 0.149 e. The number of aryl methyl sites for hydroxylation is 1. The third kappa shape index (κ3) is 2.53. The van der Waals surface area contributed by atoms with Crippen molar-refractivity contribution in [2.75, 3.05) is 30.3 Å². The molecule has 0 amide bonds. The third-order valence-electron chi connectivity index (χ3n) is 3.41. The van der Waals surface area contributed by atoms with Gasteiger partial charge < -0.3 is 15.4 Å². The first-order valence-electron chi connectivity index (χ1n) is 6.73. The van der Waals surface area contributed by atoms with Gasteiger partial charge in [-0.25, -0.2) is 4.98 Å². The first-order valence-corrected chi connectivity index (χ1v) is 8.38. The SMILES string of the molecule is CCC1CN(c2snc(N)c2-c2nc(C)cs2)CCO1. The zero-order valence-corrected chi connectivity index (χ0v) is 13.3. The third-order valence-corrected chi connectivity index (χ3v) is 5.32. The van der Waals surface area contributed by atoms with E-state index in [0.717, 1.165) is 47.4 Å². The lowest BCUT2D eigenvalue weighted by Gasteiger charge is -2.33. The quantitative estimate of drug-likeness (QED) is 0.944. The van der Waals surface area contributed by atoms with Crippen LogP contribution in [0.25, 0.3) is 10.6 Å². The second kappa shape index (κ2) is 5.67. The van der Waals surface area contributed by atoms with Gasteiger partial charge in [0.05, 0.1) is 18.3 Å². The highest BCUT2D eigenvalue weighted by molar-refractivity contribution is 7.15. The lowest BCUT2D eigenvalue weighted by atomic mass is 10.2. The lowest BCUT2D eigenvalue weighted by Crippen LogP contribution is -2.42. The van der Waals surface area contributed by atoms with Crippen molar-refractivity contribution in [2.45, 2.75) is 26.4 Å². The summed E-state index contributed by atoms with van der Waals surface area (Å²) in [5, 5.41) is 4.13. The summed E-state index contributed by atoms with van der Waals surface area (Å²) in [7, 11) is 0. The molecule has 1 saturated heterocycles. The molecular weight excluding hydrogens is 292 g/mol. The number of hydrogen-bond acceptors (Lipinski definition) is 7. The predicted octanol–water partition coefficient (Wildman–Crippen LogP) is 2.77. The summed E-state index contributed by atoms with van der Waals surface area (Å²) in [4.78, 5) is 6.89. The van der Waals surface area contributed by atoms with E-state index in [2.05, 4.69) is 21.2 Å². The van der Waals surface area contributed by atoms with E-state index >= 15 is 0 Å². The first-order chi connectivity index (χ1) is 9.69. The van der Waals surface area contributed by atoms with E-state index in [1.165, 1.54) is 11.5 Å². The van der Waals surface area contributed by atoms with Crippen molar-refractivity contribution in [3.63, 3.8) is 0 Å². The van der Waals surface area contributed by atoms with Crippen molar-refractivity contribution in [1.29, 1.82) is 0 Å². The zero-order chi connectivity index (χ0) is 14.1. The maximum absolute atomic E-state index is 6.06. The molecule has 1 unspecified atom stereocenters. The van der Waals surface area contributed by atoms with Crippen LogP contribution in [0.5, 0.6) is 0 Å². The van der Waals surface area contributed by atoms with Gasteiger partial charge in [-0.15, -0.1) is 11.3 Å². The van der Waals surface area contributed by atoms with Crippen LogP contribution in [0.3, 0.4) is 0 Å². The van der Waals surface area contributed by atoms with Gasteiger partial charge in [0, 0.05) is 24.2 Å². The molecule has 2 aromatic rings. The Morgan fingerprint density at radius 1 is 1.55 bits per heavy atom. The Balaban J connectivity index is 1.94. The number of nitrogen functional groups attached to an aromatic ring is 1. The second-order valence-corrected chi connectivity index (χ2v) is 6.50. The number of anilines is 2. The van der Waals surface area contributed by atoms with Gasteiger partial charge in [0.1, 0.15) is 15.8 Å². The average Bonchev–Trinajstić information content (AvgIpc) is 3.04. The maximum atomic E-state index is 6.06. The highest BCUT2D eigenvalue weighted by Gasteiger charge is 2.26. The number of aromatic nitrogens is 2. The molecule has 5 nitrogen and oxygen atoms in total. The topological polar surface area (TPSA) is 64.3 Å². The zero-order valence-electron chi connectivity index (χ0n) is 11.6. The molecule has 0 radical (unpaired) electrons. The molecule has 3 heterocycles. The fourth-order valence-electron chi connectivity index (χ4n) is 2.33. The molecule has 20 heavy (non-hydrogen) atoms. The highest BCUT2D eigenvalue weighted by Crippen LogP contribution is 2.41. The van der Waals surface area contributed by atoms with Gasteiger partial charge >= 0.3 is 0 Å². The second-order valence-electron chi connectivity index (χ2n) is 4.89. The Morgan fingerprint density at radius 2 is 2.40 bits per heavy atom. The Morgan fingerprint density at radius 3 is 3.10 bits per heavy atom. The first kappa shape index (κ1) is 13.8. The Labute approximate surface area is 126 Å². The molecular formula is C13H18N4OS2. The van der Waals surface area contributed by atoms with E-state index < -0.39 is 0 Å². The number of nitrogens with two attached hydrogens (primary N) is 1. The molecule has 1 atom stereocenters. The van der Waals surface area contributed by atoms with E-state index in [-0.39, 0.29) is 6.10 Å². The van der Waals surface area contributed by atoms with Gasteiger partial charge in [0.25, 0.3) is 0 Å². The smallest absolute Gasteiger partial charge is 0.149 e. The van der Waals surface area contributed by atoms with Crippen LogP contribution in [0.2, 0.25) is 0 Å². The molecule has 2 aromatic heterocycles. The number of ether oxygens (including phenoxy) is 1. The number of morpholine rings is 1. The molecule has 0 spiro atoms. The summed E-state index contributed by atoms with van der Waals surface area (Å²) in [6.45, 7) is 6.69. The molecule has 108 valence electrons. The summed E-state index contributed by atoms with van der Waals surface area (Å²) < 4.78 is 10.1. The van der Waals surface area contributed by atoms with Crippen LogP contribution >= 0.6 is 22.9 Å². The largest absolute Gasteiger partial charge is 0.382 e. The molecule has 0 aromatic carbocycles. The van der Waals surface area contributed by atoms with Crippen LogP contribution in [0.4, 0.5) is 10.8 Å². The fraction of sp³-hybridized carbons (Fsp3) is 0.538. The van der Waals surface area contributed by atoms with Crippen molar-refractivity contribution in [3.8, 4) is 10.6 Å². The molecule has 0 aliphatic carbocycles. The van der Waals surface area contributed by atoms with E-state index in [1.807, 2.05) is 12.3 Å². The minimum atomic E-state index is 0.290. The van der Waals surface area contributed by atoms with Gasteiger partial charge in [-0.2, -0.15) is 4.37 Å².